The van der Waals surface area contributed by atoms with Crippen LogP contribution >= 0.6 is 7.82 Å². The van der Waals surface area contributed by atoms with Gasteiger partial charge in [-0.05, 0) is 77.0 Å². The van der Waals surface area contributed by atoms with Crippen LogP contribution in [-0.2, 0) is 32.7 Å². The zero-order valence-corrected chi connectivity index (χ0v) is 35.6. The summed E-state index contributed by atoms with van der Waals surface area (Å²) in [7, 11) is -4.42. The number of hydrogen-bond donors (Lipinski definition) is 3. The van der Waals surface area contributed by atoms with Gasteiger partial charge in [0.2, 0.25) is 0 Å². The van der Waals surface area contributed by atoms with Gasteiger partial charge in [-0.1, -0.05) is 144 Å². The Balaban J connectivity index is 4.40. The van der Waals surface area contributed by atoms with E-state index in [0.29, 0.717) is 25.7 Å². The standard InChI is InChI=1S/C45H76NO9P/c1-3-5-7-8-9-10-11-12-13-14-15-16-21-24-27-30-33-37-45(49)55-43(41-54-56(50,51)53-39-38-46)40-52-44(48)36-32-29-26-23-20-18-17-19-22-25-28-31-35-42(47)34-6-4-2/h12-13,15-18,22-27,31,35,42-43,47H,3-11,14,19-21,28-30,32-34,36-41,46H2,1-2H3,(H,50,51)/b13-12-,16-15-,18-17-,25-22-,26-23-,27-24-,35-31-/t42-,43+/m0/s1. The molecule has 320 valence electrons. The van der Waals surface area contributed by atoms with Crippen molar-refractivity contribution in [3.05, 3.63) is 85.1 Å². The third-order valence-electron chi connectivity index (χ3n) is 8.32. The Morgan fingerprint density at radius 1 is 0.607 bits per heavy atom. The van der Waals surface area contributed by atoms with E-state index < -0.39 is 32.5 Å². The Kier molecular flexibility index (Phi) is 38.3. The molecule has 0 saturated carbocycles. The second kappa shape index (κ2) is 40.4. The molecule has 0 radical (unpaired) electrons. The van der Waals surface area contributed by atoms with Crippen molar-refractivity contribution in [2.75, 3.05) is 26.4 Å². The molecule has 0 saturated heterocycles. The van der Waals surface area contributed by atoms with Crippen LogP contribution < -0.4 is 5.73 Å². The van der Waals surface area contributed by atoms with Gasteiger partial charge in [-0.25, -0.2) is 4.57 Å². The number of carbonyl (C=O) groups excluding carboxylic acids is 2. The Morgan fingerprint density at radius 3 is 1.64 bits per heavy atom. The molecule has 0 fully saturated rings. The fourth-order valence-electron chi connectivity index (χ4n) is 5.13. The molecule has 1 unspecified atom stereocenters. The molecule has 56 heavy (non-hydrogen) atoms. The lowest BCUT2D eigenvalue weighted by Crippen LogP contribution is -2.29. The summed E-state index contributed by atoms with van der Waals surface area (Å²) in [4.78, 5) is 34.8. The molecule has 0 aromatic rings. The molecule has 0 heterocycles. The summed E-state index contributed by atoms with van der Waals surface area (Å²) in [5.41, 5.74) is 5.33. The minimum atomic E-state index is -4.42. The van der Waals surface area contributed by atoms with Gasteiger partial charge in [-0.3, -0.25) is 18.6 Å². The number of phosphoric acid groups is 1. The maximum atomic E-state index is 12.5. The normalized spacial score (nSPS) is 14.7. The van der Waals surface area contributed by atoms with E-state index in [2.05, 4.69) is 68.5 Å². The zero-order chi connectivity index (χ0) is 41.2. The number of carbonyl (C=O) groups is 2. The predicted octanol–water partition coefficient (Wildman–Crippen LogP) is 11.0. The monoisotopic (exact) mass is 806 g/mol. The lowest BCUT2D eigenvalue weighted by molar-refractivity contribution is -0.161. The summed E-state index contributed by atoms with van der Waals surface area (Å²) in [6.07, 6.45) is 46.8. The Bertz CT molecular complexity index is 1210. The number of nitrogens with two attached hydrogens (primary N) is 1. The third kappa shape index (κ3) is 39.4. The highest BCUT2D eigenvalue weighted by Gasteiger charge is 2.25. The Labute approximate surface area is 339 Å². The molecule has 0 aliphatic rings. The van der Waals surface area contributed by atoms with Crippen molar-refractivity contribution in [3.8, 4) is 0 Å². The number of phosphoric ester groups is 1. The van der Waals surface area contributed by atoms with Crippen molar-refractivity contribution in [1.82, 2.24) is 0 Å². The van der Waals surface area contributed by atoms with Crippen LogP contribution in [0.1, 0.15) is 149 Å². The quantitative estimate of drug-likeness (QED) is 0.0238. The molecule has 4 N–H and O–H groups in total. The molecule has 0 spiro atoms. The third-order valence-corrected chi connectivity index (χ3v) is 9.31. The van der Waals surface area contributed by atoms with Gasteiger partial charge in [0.25, 0.3) is 0 Å². The van der Waals surface area contributed by atoms with Gasteiger partial charge in [-0.2, -0.15) is 0 Å². The van der Waals surface area contributed by atoms with Crippen LogP contribution in [0.25, 0.3) is 0 Å². The molecule has 0 amide bonds. The molecule has 0 rings (SSSR count). The smallest absolute Gasteiger partial charge is 0.462 e. The summed E-state index contributed by atoms with van der Waals surface area (Å²) in [5, 5.41) is 9.80. The van der Waals surface area contributed by atoms with Gasteiger partial charge in [0, 0.05) is 19.4 Å². The van der Waals surface area contributed by atoms with Crippen LogP contribution in [0.4, 0.5) is 0 Å². The van der Waals surface area contributed by atoms with E-state index in [1.54, 1.807) is 0 Å². The van der Waals surface area contributed by atoms with E-state index in [1.807, 2.05) is 30.4 Å². The van der Waals surface area contributed by atoms with Crippen LogP contribution in [0, 0.1) is 0 Å². The van der Waals surface area contributed by atoms with Gasteiger partial charge < -0.3 is 25.2 Å². The first-order valence-corrected chi connectivity index (χ1v) is 22.6. The summed E-state index contributed by atoms with van der Waals surface area (Å²) < 4.78 is 32.6. The maximum Gasteiger partial charge on any atom is 0.472 e. The molecule has 3 atom stereocenters. The van der Waals surface area contributed by atoms with Gasteiger partial charge in [0.1, 0.15) is 6.61 Å². The molecule has 0 aliphatic carbocycles. The summed E-state index contributed by atoms with van der Waals surface area (Å²) in [6.45, 7) is 3.41. The average molecular weight is 806 g/mol. The first-order valence-electron chi connectivity index (χ1n) is 21.2. The molecule has 11 heteroatoms. The van der Waals surface area contributed by atoms with Crippen molar-refractivity contribution in [2.45, 2.75) is 161 Å². The molecule has 0 aromatic carbocycles. The lowest BCUT2D eigenvalue weighted by Gasteiger charge is -2.19. The van der Waals surface area contributed by atoms with Crippen molar-refractivity contribution in [3.63, 3.8) is 0 Å². The van der Waals surface area contributed by atoms with Crippen molar-refractivity contribution < 1.29 is 42.7 Å². The van der Waals surface area contributed by atoms with Gasteiger partial charge in [-0.15, -0.1) is 0 Å². The van der Waals surface area contributed by atoms with E-state index in [9.17, 15) is 24.2 Å². The number of esters is 2. The summed E-state index contributed by atoms with van der Waals surface area (Å²) in [6, 6.07) is 0. The van der Waals surface area contributed by atoms with Crippen molar-refractivity contribution in [1.29, 1.82) is 0 Å². The summed E-state index contributed by atoms with van der Waals surface area (Å²) in [5.74, 6) is -0.987. The predicted molar refractivity (Wildman–Crippen MR) is 230 cm³/mol. The van der Waals surface area contributed by atoms with E-state index in [-0.39, 0.29) is 38.7 Å². The highest BCUT2D eigenvalue weighted by molar-refractivity contribution is 7.47. The fourth-order valence-corrected chi connectivity index (χ4v) is 5.90. The molecule has 10 nitrogen and oxygen atoms in total. The van der Waals surface area contributed by atoms with Gasteiger partial charge in [0.15, 0.2) is 6.10 Å². The van der Waals surface area contributed by atoms with Crippen LogP contribution in [0.15, 0.2) is 85.1 Å². The molecular weight excluding hydrogens is 729 g/mol. The SMILES string of the molecule is CCCCCCCC/C=C\C/C=C\C/C=C\CCCC(=O)O[C@H](COC(=O)CCC/C=C\C/C=C\C/C=C\C/C=C\[C@@H](O)CCCC)COP(=O)(O)OCCN. The van der Waals surface area contributed by atoms with E-state index >= 15 is 0 Å². The van der Waals surface area contributed by atoms with Crippen LogP contribution in [0.3, 0.4) is 0 Å². The van der Waals surface area contributed by atoms with Gasteiger partial charge in [0.05, 0.1) is 19.3 Å². The van der Waals surface area contributed by atoms with E-state index in [1.165, 1.54) is 38.5 Å². The maximum absolute atomic E-state index is 12.5. The van der Waals surface area contributed by atoms with Crippen LogP contribution in [0.5, 0.6) is 0 Å². The molecule has 0 aromatic heterocycles. The highest BCUT2D eigenvalue weighted by atomic mass is 31.2. The number of unbranched alkanes of at least 4 members (excludes halogenated alkanes) is 9. The van der Waals surface area contributed by atoms with Crippen molar-refractivity contribution >= 4 is 19.8 Å². The Morgan fingerprint density at radius 2 is 1.09 bits per heavy atom. The lowest BCUT2D eigenvalue weighted by atomic mass is 10.1. The summed E-state index contributed by atoms with van der Waals surface area (Å²) >= 11 is 0. The van der Waals surface area contributed by atoms with Gasteiger partial charge >= 0.3 is 19.8 Å². The van der Waals surface area contributed by atoms with E-state index in [0.717, 1.165) is 57.8 Å². The molecule has 0 aliphatic heterocycles. The number of aliphatic hydroxyl groups is 1. The highest BCUT2D eigenvalue weighted by Crippen LogP contribution is 2.43. The fraction of sp³-hybridized carbons (Fsp3) is 0.644. The second-order valence-corrected chi connectivity index (χ2v) is 15.1. The topological polar surface area (TPSA) is 155 Å². The molecular formula is C45H76NO9P. The number of aliphatic hydroxyl groups excluding tert-OH is 1. The Hall–Kier alpha value is -2.85. The van der Waals surface area contributed by atoms with Crippen LogP contribution in [0.2, 0.25) is 0 Å². The minimum Gasteiger partial charge on any atom is -0.462 e. The van der Waals surface area contributed by atoms with Crippen molar-refractivity contribution in [2.24, 2.45) is 5.73 Å². The number of rotatable bonds is 38. The number of hydrogen-bond acceptors (Lipinski definition) is 9. The van der Waals surface area contributed by atoms with Crippen LogP contribution in [-0.4, -0.2) is 60.5 Å². The average Bonchev–Trinajstić information content (AvgIpc) is 3.18. The number of allylic oxidation sites excluding steroid dienone is 13. The largest absolute Gasteiger partial charge is 0.472 e. The number of ether oxygens (including phenoxy) is 2. The first kappa shape index (κ1) is 53.1. The first-order chi connectivity index (χ1) is 27.2. The zero-order valence-electron chi connectivity index (χ0n) is 34.7. The minimum absolute atomic E-state index is 0.0278. The van der Waals surface area contributed by atoms with E-state index in [4.69, 9.17) is 24.3 Å². The molecule has 0 bridgehead atoms. The second-order valence-electron chi connectivity index (χ2n) is 13.7.